The zero-order chi connectivity index (χ0) is 20.1. The molecule has 146 valence electrons. The van der Waals surface area contributed by atoms with Crippen molar-refractivity contribution in [1.82, 2.24) is 9.97 Å². The minimum Gasteiger partial charge on any atom is -0.493 e. The summed E-state index contributed by atoms with van der Waals surface area (Å²) in [6.07, 6.45) is 2.37. The molecule has 1 heterocycles. The molecule has 0 atom stereocenters. The van der Waals surface area contributed by atoms with Gasteiger partial charge in [-0.05, 0) is 31.5 Å². The van der Waals surface area contributed by atoms with E-state index < -0.39 is 5.82 Å². The zero-order valence-corrected chi connectivity index (χ0v) is 15.9. The first kappa shape index (κ1) is 19.7. The van der Waals surface area contributed by atoms with Crippen molar-refractivity contribution >= 4 is 16.8 Å². The minimum atomic E-state index is -0.435. The van der Waals surface area contributed by atoms with Gasteiger partial charge in [0.15, 0.2) is 11.5 Å². The Morgan fingerprint density at radius 3 is 2.64 bits per heavy atom. The van der Waals surface area contributed by atoms with Crippen molar-refractivity contribution < 1.29 is 18.7 Å². The van der Waals surface area contributed by atoms with Gasteiger partial charge in [-0.1, -0.05) is 12.1 Å². The second-order valence-corrected chi connectivity index (χ2v) is 6.42. The summed E-state index contributed by atoms with van der Waals surface area (Å²) < 4.78 is 25.4. The number of halogens is 1. The maximum atomic E-state index is 14.3. The second-order valence-electron chi connectivity index (χ2n) is 6.42. The molecule has 7 heteroatoms. The fourth-order valence-corrected chi connectivity index (χ4v) is 2.82. The number of Topliss-reactive ketones (excluding diaryl/α,β-unsaturated/α-hetero) is 1. The number of fused-ring (bicyclic) bond motifs is 1. The van der Waals surface area contributed by atoms with Gasteiger partial charge in [-0.3, -0.25) is 9.78 Å². The van der Waals surface area contributed by atoms with Crippen LogP contribution in [0.4, 0.5) is 4.39 Å². The average molecular weight is 383 g/mol. The molecule has 3 rings (SSSR count). The summed E-state index contributed by atoms with van der Waals surface area (Å²) in [5.41, 5.74) is 8.23. The third-order valence-corrected chi connectivity index (χ3v) is 4.22. The third-order valence-electron chi connectivity index (χ3n) is 4.22. The largest absolute Gasteiger partial charge is 0.493 e. The van der Waals surface area contributed by atoms with Gasteiger partial charge in [0.2, 0.25) is 0 Å². The molecule has 6 nitrogen and oxygen atoms in total. The van der Waals surface area contributed by atoms with E-state index in [2.05, 4.69) is 9.97 Å². The van der Waals surface area contributed by atoms with Gasteiger partial charge in [0.25, 0.3) is 0 Å². The van der Waals surface area contributed by atoms with Crippen molar-refractivity contribution in [2.75, 3.05) is 20.3 Å². The van der Waals surface area contributed by atoms with Crippen LogP contribution in [0, 0.1) is 5.82 Å². The van der Waals surface area contributed by atoms with Crippen molar-refractivity contribution in [2.24, 2.45) is 5.73 Å². The number of benzene rings is 2. The number of nitrogens with two attached hydrogens (primary N) is 1. The highest BCUT2D eigenvalue weighted by molar-refractivity contribution is 5.81. The number of carbonyl (C=O) groups excluding carboxylic acids is 1. The van der Waals surface area contributed by atoms with E-state index in [9.17, 15) is 9.18 Å². The summed E-state index contributed by atoms with van der Waals surface area (Å²) in [5, 5.41) is 0. The van der Waals surface area contributed by atoms with Crippen LogP contribution in [0.2, 0.25) is 0 Å². The Hall–Kier alpha value is -3.06. The monoisotopic (exact) mass is 383 g/mol. The Balaban J connectivity index is 1.96. The van der Waals surface area contributed by atoms with E-state index in [0.29, 0.717) is 52.5 Å². The van der Waals surface area contributed by atoms with E-state index in [-0.39, 0.29) is 12.2 Å². The average Bonchev–Trinajstić information content (AvgIpc) is 2.68. The normalized spacial score (nSPS) is 10.9. The lowest BCUT2D eigenvalue weighted by atomic mass is 10.0. The summed E-state index contributed by atoms with van der Waals surface area (Å²) in [5.74, 6) is 0.590. The van der Waals surface area contributed by atoms with Crippen molar-refractivity contribution in [3.05, 3.63) is 47.9 Å². The van der Waals surface area contributed by atoms with Crippen LogP contribution in [-0.2, 0) is 11.2 Å². The van der Waals surface area contributed by atoms with E-state index in [1.165, 1.54) is 13.0 Å². The number of rotatable bonds is 8. The molecule has 0 aliphatic rings. The van der Waals surface area contributed by atoms with Gasteiger partial charge in [-0.15, -0.1) is 0 Å². The summed E-state index contributed by atoms with van der Waals surface area (Å²) in [7, 11) is 1.56. The maximum absolute atomic E-state index is 14.3. The Kier molecular flexibility index (Phi) is 6.16. The molecular formula is C21H22FN3O3. The molecule has 1 aromatic heterocycles. The predicted molar refractivity (Wildman–Crippen MR) is 105 cm³/mol. The van der Waals surface area contributed by atoms with Gasteiger partial charge in [0.05, 0.1) is 36.6 Å². The van der Waals surface area contributed by atoms with E-state index >= 15 is 0 Å². The van der Waals surface area contributed by atoms with Crippen LogP contribution in [0.25, 0.3) is 22.3 Å². The fourth-order valence-electron chi connectivity index (χ4n) is 2.82. The van der Waals surface area contributed by atoms with Crippen LogP contribution in [0.15, 0.2) is 36.5 Å². The predicted octanol–water partition coefficient (Wildman–Crippen LogP) is 3.30. The molecule has 0 bridgehead atoms. The first-order chi connectivity index (χ1) is 13.5. The summed E-state index contributed by atoms with van der Waals surface area (Å²) in [6, 6.07) is 8.21. The highest BCUT2D eigenvalue weighted by atomic mass is 19.1. The van der Waals surface area contributed by atoms with Crippen LogP contribution in [0.3, 0.4) is 0 Å². The van der Waals surface area contributed by atoms with E-state index in [0.717, 1.165) is 6.42 Å². The van der Waals surface area contributed by atoms with Crippen molar-refractivity contribution in [3.8, 4) is 22.8 Å². The van der Waals surface area contributed by atoms with Gasteiger partial charge < -0.3 is 15.2 Å². The molecule has 0 unspecified atom stereocenters. The lowest BCUT2D eigenvalue weighted by Crippen LogP contribution is -2.07. The smallest absolute Gasteiger partial charge is 0.163 e. The lowest BCUT2D eigenvalue weighted by molar-refractivity contribution is -0.116. The number of carbonyl (C=O) groups is 1. The molecule has 0 saturated heterocycles. The number of hydrogen-bond donors (Lipinski definition) is 1. The minimum absolute atomic E-state index is 0.0683. The summed E-state index contributed by atoms with van der Waals surface area (Å²) in [6.45, 7) is 2.43. The number of methoxy groups -OCH3 is 1. The molecule has 0 fully saturated rings. The molecule has 0 amide bonds. The summed E-state index contributed by atoms with van der Waals surface area (Å²) in [4.78, 5) is 20.2. The number of ether oxygens (including phenoxy) is 2. The highest BCUT2D eigenvalue weighted by Crippen LogP contribution is 2.32. The van der Waals surface area contributed by atoms with Crippen LogP contribution in [-0.4, -0.2) is 36.0 Å². The molecule has 28 heavy (non-hydrogen) atoms. The van der Waals surface area contributed by atoms with Crippen molar-refractivity contribution in [1.29, 1.82) is 0 Å². The second kappa shape index (κ2) is 8.75. The third kappa shape index (κ3) is 4.43. The number of aromatic nitrogens is 2. The standard InChI is InChI=1S/C21H22FN3O3/c1-13(26)8-14-4-5-15(9-16(14)22)19-12-24-17-10-20(27-2)21(11-18(17)25-19)28-7-3-6-23/h4-5,9-12H,3,6-8,23H2,1-2H3. The zero-order valence-electron chi connectivity index (χ0n) is 15.9. The number of nitrogens with zero attached hydrogens (tertiary/aromatic N) is 2. The van der Waals surface area contributed by atoms with Crippen LogP contribution >= 0.6 is 0 Å². The molecule has 3 aromatic rings. The number of ketones is 1. The Labute approximate surface area is 162 Å². The van der Waals surface area contributed by atoms with E-state index in [1.807, 2.05) is 0 Å². The molecule has 0 aliphatic heterocycles. The highest BCUT2D eigenvalue weighted by Gasteiger charge is 2.12. The van der Waals surface area contributed by atoms with Crippen LogP contribution in [0.1, 0.15) is 18.9 Å². The molecule has 2 aromatic carbocycles. The van der Waals surface area contributed by atoms with E-state index in [1.54, 1.807) is 37.6 Å². The molecule has 0 radical (unpaired) electrons. The van der Waals surface area contributed by atoms with Crippen LogP contribution in [0.5, 0.6) is 11.5 Å². The first-order valence-corrected chi connectivity index (χ1v) is 8.97. The SMILES string of the molecule is COc1cc2ncc(-c3ccc(CC(C)=O)c(F)c3)nc2cc1OCCCN. The fraction of sp³-hybridized carbons (Fsp3) is 0.286. The molecule has 0 saturated carbocycles. The Morgan fingerprint density at radius 2 is 1.96 bits per heavy atom. The maximum Gasteiger partial charge on any atom is 0.163 e. The van der Waals surface area contributed by atoms with Crippen molar-refractivity contribution in [2.45, 2.75) is 19.8 Å². The van der Waals surface area contributed by atoms with Gasteiger partial charge in [0.1, 0.15) is 11.6 Å². The van der Waals surface area contributed by atoms with Gasteiger partial charge in [-0.25, -0.2) is 9.37 Å². The molecule has 0 aliphatic carbocycles. The van der Waals surface area contributed by atoms with E-state index in [4.69, 9.17) is 15.2 Å². The van der Waals surface area contributed by atoms with Crippen molar-refractivity contribution in [3.63, 3.8) is 0 Å². The number of hydrogen-bond acceptors (Lipinski definition) is 6. The first-order valence-electron chi connectivity index (χ1n) is 8.97. The van der Waals surface area contributed by atoms with Gasteiger partial charge in [0, 0.05) is 24.1 Å². The molecule has 0 spiro atoms. The molecule has 2 N–H and O–H groups in total. The Bertz CT molecular complexity index is 1010. The topological polar surface area (TPSA) is 87.3 Å². The van der Waals surface area contributed by atoms with Crippen LogP contribution < -0.4 is 15.2 Å². The van der Waals surface area contributed by atoms with Gasteiger partial charge >= 0.3 is 0 Å². The quantitative estimate of drug-likeness (QED) is 0.601. The molecular weight excluding hydrogens is 361 g/mol. The Morgan fingerprint density at radius 1 is 1.18 bits per heavy atom. The van der Waals surface area contributed by atoms with Gasteiger partial charge in [-0.2, -0.15) is 0 Å². The summed E-state index contributed by atoms with van der Waals surface area (Å²) >= 11 is 0. The lowest BCUT2D eigenvalue weighted by Gasteiger charge is -2.12.